The molecule has 2 aromatic rings. The molecule has 5 heteroatoms. The van der Waals surface area contributed by atoms with Gasteiger partial charge in [0.1, 0.15) is 17.5 Å². The summed E-state index contributed by atoms with van der Waals surface area (Å²) >= 11 is 0. The van der Waals surface area contributed by atoms with Crippen LogP contribution in [0.5, 0.6) is 0 Å². The zero-order valence-corrected chi connectivity index (χ0v) is 11.9. The number of nitrogen functional groups attached to an aromatic ring is 1. The number of hydrogen-bond donors (Lipinski definition) is 2. The lowest BCUT2D eigenvalue weighted by Gasteiger charge is -2.13. The lowest BCUT2D eigenvalue weighted by atomic mass is 10.1. The molecule has 5 nitrogen and oxygen atoms in total. The molecule has 3 N–H and O–H groups in total. The van der Waals surface area contributed by atoms with Gasteiger partial charge in [0.15, 0.2) is 0 Å². The van der Waals surface area contributed by atoms with Crippen LogP contribution >= 0.6 is 0 Å². The summed E-state index contributed by atoms with van der Waals surface area (Å²) in [6.07, 6.45) is 0.719. The van der Waals surface area contributed by atoms with E-state index in [9.17, 15) is 0 Å². The largest absolute Gasteiger partial charge is 0.383 e. The lowest BCUT2D eigenvalue weighted by molar-refractivity contribution is 0.940. The highest BCUT2D eigenvalue weighted by molar-refractivity contribution is 5.67. The summed E-state index contributed by atoms with van der Waals surface area (Å²) in [7, 11) is 0. The summed E-state index contributed by atoms with van der Waals surface area (Å²) in [5, 5.41) is 12.2. The molecule has 102 valence electrons. The first kappa shape index (κ1) is 13.8. The van der Waals surface area contributed by atoms with Gasteiger partial charge in [-0.2, -0.15) is 5.26 Å². The second-order valence-electron chi connectivity index (χ2n) is 4.62. The zero-order chi connectivity index (χ0) is 14.7. The van der Waals surface area contributed by atoms with Crippen LogP contribution in [0.25, 0.3) is 0 Å². The van der Waals surface area contributed by atoms with Crippen LogP contribution in [0.2, 0.25) is 0 Å². The zero-order valence-electron chi connectivity index (χ0n) is 11.9. The van der Waals surface area contributed by atoms with E-state index < -0.39 is 0 Å². The summed E-state index contributed by atoms with van der Waals surface area (Å²) in [4.78, 5) is 8.68. The van der Waals surface area contributed by atoms with Crippen LogP contribution in [-0.2, 0) is 6.42 Å². The number of aromatic nitrogens is 2. The first-order chi connectivity index (χ1) is 9.55. The van der Waals surface area contributed by atoms with Crippen molar-refractivity contribution in [2.24, 2.45) is 0 Å². The van der Waals surface area contributed by atoms with E-state index in [0.717, 1.165) is 23.2 Å². The van der Waals surface area contributed by atoms with Gasteiger partial charge < -0.3 is 11.1 Å². The Kier molecular flexibility index (Phi) is 3.85. The Hall–Kier alpha value is -2.61. The molecule has 0 saturated heterocycles. The number of nitrogens with two attached hydrogens (primary N) is 1. The third kappa shape index (κ3) is 2.69. The van der Waals surface area contributed by atoms with E-state index in [0.29, 0.717) is 23.0 Å². The Morgan fingerprint density at radius 1 is 1.30 bits per heavy atom. The minimum atomic E-state index is 0.480. The van der Waals surface area contributed by atoms with Crippen LogP contribution in [0.1, 0.15) is 29.4 Å². The topological polar surface area (TPSA) is 87.6 Å². The lowest BCUT2D eigenvalue weighted by Crippen LogP contribution is -2.07. The van der Waals surface area contributed by atoms with Crippen LogP contribution in [-0.4, -0.2) is 9.97 Å². The monoisotopic (exact) mass is 267 g/mol. The number of aryl methyl sites for hydroxylation is 2. The van der Waals surface area contributed by atoms with Gasteiger partial charge in [0, 0.05) is 17.7 Å². The summed E-state index contributed by atoms with van der Waals surface area (Å²) in [5.74, 6) is 1.87. The molecular weight excluding hydrogens is 250 g/mol. The van der Waals surface area contributed by atoms with Crippen molar-refractivity contribution < 1.29 is 0 Å². The number of hydrogen-bond acceptors (Lipinski definition) is 5. The highest BCUT2D eigenvalue weighted by atomic mass is 15.1. The Morgan fingerprint density at radius 2 is 2.05 bits per heavy atom. The van der Waals surface area contributed by atoms with Crippen molar-refractivity contribution in [2.45, 2.75) is 27.2 Å². The molecule has 0 amide bonds. The number of rotatable bonds is 3. The maximum absolute atomic E-state index is 8.98. The van der Waals surface area contributed by atoms with Crippen LogP contribution in [0.4, 0.5) is 17.3 Å². The van der Waals surface area contributed by atoms with Crippen LogP contribution in [0.3, 0.4) is 0 Å². The van der Waals surface area contributed by atoms with Crippen LogP contribution in [0, 0.1) is 25.2 Å². The Labute approximate surface area is 118 Å². The third-order valence-corrected chi connectivity index (χ3v) is 3.17. The molecule has 0 radical (unpaired) electrons. The van der Waals surface area contributed by atoms with Crippen molar-refractivity contribution in [3.05, 3.63) is 40.7 Å². The number of nitrogens with zero attached hydrogens (tertiary/aromatic N) is 3. The van der Waals surface area contributed by atoms with E-state index in [2.05, 4.69) is 21.4 Å². The fourth-order valence-electron chi connectivity index (χ4n) is 1.82. The SMILES string of the molecule is CCc1nc(N)c(C)c(Nc2cc(C#N)ccc2C)n1. The quantitative estimate of drug-likeness (QED) is 0.892. The van der Waals surface area contributed by atoms with Crippen molar-refractivity contribution in [3.63, 3.8) is 0 Å². The van der Waals surface area contributed by atoms with Gasteiger partial charge >= 0.3 is 0 Å². The Morgan fingerprint density at radius 3 is 2.70 bits per heavy atom. The van der Waals surface area contributed by atoms with E-state index in [1.54, 1.807) is 12.1 Å². The second kappa shape index (κ2) is 5.57. The van der Waals surface area contributed by atoms with E-state index in [1.807, 2.05) is 26.8 Å². The third-order valence-electron chi connectivity index (χ3n) is 3.17. The van der Waals surface area contributed by atoms with Gasteiger partial charge in [0.05, 0.1) is 11.6 Å². The molecular formula is C15H17N5. The maximum Gasteiger partial charge on any atom is 0.139 e. The summed E-state index contributed by atoms with van der Waals surface area (Å²) in [5.41, 5.74) is 9.21. The normalized spacial score (nSPS) is 10.1. The van der Waals surface area contributed by atoms with Crippen molar-refractivity contribution in [1.29, 1.82) is 5.26 Å². The van der Waals surface area contributed by atoms with Gasteiger partial charge in [-0.3, -0.25) is 0 Å². The molecule has 0 fully saturated rings. The first-order valence-electron chi connectivity index (χ1n) is 6.46. The highest BCUT2D eigenvalue weighted by Gasteiger charge is 2.09. The van der Waals surface area contributed by atoms with Gasteiger partial charge in [0.25, 0.3) is 0 Å². The molecule has 1 heterocycles. The number of benzene rings is 1. The number of nitrogens with one attached hydrogen (secondary N) is 1. The molecule has 20 heavy (non-hydrogen) atoms. The summed E-state index contributed by atoms with van der Waals surface area (Å²) < 4.78 is 0. The molecule has 0 aliphatic rings. The van der Waals surface area contributed by atoms with E-state index in [1.165, 1.54) is 0 Å². The standard InChI is InChI=1S/C15H17N5/c1-4-13-19-14(17)10(3)15(20-13)18-12-7-11(8-16)6-5-9(12)2/h5-7H,4H2,1-3H3,(H3,17,18,19,20). The van der Waals surface area contributed by atoms with E-state index in [-0.39, 0.29) is 0 Å². The summed E-state index contributed by atoms with van der Waals surface area (Å²) in [6, 6.07) is 7.63. The van der Waals surface area contributed by atoms with Crippen molar-refractivity contribution in [3.8, 4) is 6.07 Å². The fraction of sp³-hybridized carbons (Fsp3) is 0.267. The van der Waals surface area contributed by atoms with Gasteiger partial charge in [-0.25, -0.2) is 9.97 Å². The Bertz CT molecular complexity index is 685. The van der Waals surface area contributed by atoms with Gasteiger partial charge in [0.2, 0.25) is 0 Å². The first-order valence-corrected chi connectivity index (χ1v) is 6.46. The minimum absolute atomic E-state index is 0.480. The molecule has 0 bridgehead atoms. The van der Waals surface area contributed by atoms with Crippen LogP contribution < -0.4 is 11.1 Å². The smallest absolute Gasteiger partial charge is 0.139 e. The Balaban J connectivity index is 2.44. The highest BCUT2D eigenvalue weighted by Crippen LogP contribution is 2.25. The number of anilines is 3. The number of nitriles is 1. The van der Waals surface area contributed by atoms with E-state index in [4.69, 9.17) is 11.0 Å². The molecule has 1 aromatic carbocycles. The predicted molar refractivity (Wildman–Crippen MR) is 79.7 cm³/mol. The second-order valence-corrected chi connectivity index (χ2v) is 4.62. The van der Waals surface area contributed by atoms with E-state index >= 15 is 0 Å². The molecule has 1 aromatic heterocycles. The fourth-order valence-corrected chi connectivity index (χ4v) is 1.82. The van der Waals surface area contributed by atoms with Crippen LogP contribution in [0.15, 0.2) is 18.2 Å². The molecule has 2 rings (SSSR count). The maximum atomic E-state index is 8.98. The minimum Gasteiger partial charge on any atom is -0.383 e. The molecule has 0 unspecified atom stereocenters. The van der Waals surface area contributed by atoms with Gasteiger partial charge in [-0.1, -0.05) is 13.0 Å². The average molecular weight is 267 g/mol. The molecule has 0 spiro atoms. The molecule has 0 aliphatic heterocycles. The van der Waals surface area contributed by atoms with Gasteiger partial charge in [-0.05, 0) is 31.5 Å². The predicted octanol–water partition coefficient (Wildman–Crippen LogP) is 2.85. The molecule has 0 atom stereocenters. The summed E-state index contributed by atoms with van der Waals surface area (Å²) in [6.45, 7) is 5.83. The van der Waals surface area contributed by atoms with Gasteiger partial charge in [-0.15, -0.1) is 0 Å². The van der Waals surface area contributed by atoms with Crippen molar-refractivity contribution in [1.82, 2.24) is 9.97 Å². The van der Waals surface area contributed by atoms with Crippen molar-refractivity contribution in [2.75, 3.05) is 11.1 Å². The molecule has 0 aliphatic carbocycles. The average Bonchev–Trinajstić information content (AvgIpc) is 2.45. The van der Waals surface area contributed by atoms with Crippen molar-refractivity contribution >= 4 is 17.3 Å². The molecule has 0 saturated carbocycles.